The van der Waals surface area contributed by atoms with Crippen LogP contribution in [0.1, 0.15) is 10.4 Å². The summed E-state index contributed by atoms with van der Waals surface area (Å²) in [7, 11) is 1.73. The number of hydrogen-bond donors (Lipinski definition) is 2. The summed E-state index contributed by atoms with van der Waals surface area (Å²) in [6.07, 6.45) is -3.25. The van der Waals surface area contributed by atoms with Crippen LogP contribution in [0.3, 0.4) is 0 Å². The molecule has 10 heteroatoms. The lowest BCUT2D eigenvalue weighted by Crippen LogP contribution is -2.30. The predicted octanol–water partition coefficient (Wildman–Crippen LogP) is 2.87. The second-order valence-corrected chi connectivity index (χ2v) is 6.12. The first-order valence-electron chi connectivity index (χ1n) is 8.16. The number of alkyl halides is 3. The molecule has 0 aliphatic heterocycles. The van der Waals surface area contributed by atoms with Crippen LogP contribution in [-0.4, -0.2) is 27.7 Å². The molecule has 0 radical (unpaired) electrons. The molecule has 0 spiro atoms. The molecule has 0 saturated heterocycles. The number of imidazole rings is 1. The smallest absolute Gasteiger partial charge is 0.406 e. The Bertz CT molecular complexity index is 1120. The van der Waals surface area contributed by atoms with Gasteiger partial charge in [0.15, 0.2) is 0 Å². The second-order valence-electron chi connectivity index (χ2n) is 6.12. The molecule has 0 fully saturated rings. The van der Waals surface area contributed by atoms with Gasteiger partial charge in [-0.05, 0) is 29.8 Å². The summed E-state index contributed by atoms with van der Waals surface area (Å²) in [5.41, 5.74) is 7.18. The van der Waals surface area contributed by atoms with Gasteiger partial charge in [0.1, 0.15) is 5.75 Å². The first-order valence-corrected chi connectivity index (χ1v) is 8.16. The molecule has 7 nitrogen and oxygen atoms in total. The summed E-state index contributed by atoms with van der Waals surface area (Å²) in [5, 5.41) is 2.30. The van der Waals surface area contributed by atoms with Crippen molar-refractivity contribution in [2.75, 3.05) is 0 Å². The van der Waals surface area contributed by atoms with Gasteiger partial charge in [-0.1, -0.05) is 18.7 Å². The molecule has 0 unspecified atom stereocenters. The van der Waals surface area contributed by atoms with E-state index in [9.17, 15) is 22.8 Å². The van der Waals surface area contributed by atoms with Crippen molar-refractivity contribution in [1.82, 2.24) is 14.9 Å². The topological polar surface area (TPSA) is 99.2 Å². The fourth-order valence-corrected chi connectivity index (χ4v) is 2.69. The number of carbonyl (C=O) groups excluding carboxylic acids is 2. The monoisotopic (exact) mass is 404 g/mol. The minimum atomic E-state index is -4.80. The third kappa shape index (κ3) is 4.37. The molecule has 0 aliphatic rings. The van der Waals surface area contributed by atoms with E-state index in [1.165, 1.54) is 30.3 Å². The molecule has 0 bridgehead atoms. The number of halogens is 3. The van der Waals surface area contributed by atoms with E-state index < -0.39 is 18.2 Å². The number of aryl methyl sites for hydroxylation is 1. The molecule has 150 valence electrons. The van der Waals surface area contributed by atoms with E-state index >= 15 is 0 Å². The normalized spacial score (nSPS) is 11.3. The first-order chi connectivity index (χ1) is 13.5. The zero-order valence-electron chi connectivity index (χ0n) is 15.1. The standard InChI is InChI=1S/C19H15F3N4O3/c1-10(17(23)27)25-18(28)12-7-14(16-15(8-12)26(2)9-24-16)11-3-5-13(6-4-11)29-19(20,21)22/h3-9H,1H2,2H3,(H2,23,27)(H,25,28). The van der Waals surface area contributed by atoms with E-state index in [-0.39, 0.29) is 17.0 Å². The van der Waals surface area contributed by atoms with Gasteiger partial charge in [-0.25, -0.2) is 4.98 Å². The number of aromatic nitrogens is 2. The van der Waals surface area contributed by atoms with Crippen molar-refractivity contribution in [1.29, 1.82) is 0 Å². The fourth-order valence-electron chi connectivity index (χ4n) is 2.69. The molecule has 1 heterocycles. The predicted molar refractivity (Wildman–Crippen MR) is 98.6 cm³/mol. The molecule has 29 heavy (non-hydrogen) atoms. The quantitative estimate of drug-likeness (QED) is 0.639. The minimum Gasteiger partial charge on any atom is -0.406 e. The number of rotatable bonds is 5. The number of fused-ring (bicyclic) bond motifs is 1. The molecular weight excluding hydrogens is 389 g/mol. The van der Waals surface area contributed by atoms with Crippen LogP contribution in [0.2, 0.25) is 0 Å². The molecule has 0 atom stereocenters. The van der Waals surface area contributed by atoms with Crippen molar-refractivity contribution in [3.8, 4) is 16.9 Å². The van der Waals surface area contributed by atoms with Gasteiger partial charge in [-0.2, -0.15) is 0 Å². The average molecular weight is 404 g/mol. The number of nitrogens with one attached hydrogen (secondary N) is 1. The average Bonchev–Trinajstić information content (AvgIpc) is 3.01. The van der Waals surface area contributed by atoms with E-state index in [0.717, 1.165) is 0 Å². The highest BCUT2D eigenvalue weighted by molar-refractivity contribution is 6.06. The van der Waals surface area contributed by atoms with Gasteiger partial charge < -0.3 is 20.4 Å². The number of ether oxygens (including phenoxy) is 1. The van der Waals surface area contributed by atoms with Crippen LogP contribution >= 0.6 is 0 Å². The third-order valence-corrected chi connectivity index (χ3v) is 4.05. The fraction of sp³-hybridized carbons (Fsp3) is 0.105. The Morgan fingerprint density at radius 3 is 2.45 bits per heavy atom. The second kappa shape index (κ2) is 7.30. The lowest BCUT2D eigenvalue weighted by Gasteiger charge is -2.11. The molecule has 1 aromatic heterocycles. The van der Waals surface area contributed by atoms with E-state index in [1.54, 1.807) is 24.0 Å². The minimum absolute atomic E-state index is 0.189. The van der Waals surface area contributed by atoms with Gasteiger partial charge in [-0.15, -0.1) is 13.2 Å². The van der Waals surface area contributed by atoms with Crippen LogP contribution in [0.5, 0.6) is 5.75 Å². The van der Waals surface area contributed by atoms with E-state index in [4.69, 9.17) is 5.73 Å². The summed E-state index contributed by atoms with van der Waals surface area (Å²) in [4.78, 5) is 27.9. The van der Waals surface area contributed by atoms with Crippen LogP contribution < -0.4 is 15.8 Å². The zero-order chi connectivity index (χ0) is 21.3. The highest BCUT2D eigenvalue weighted by Gasteiger charge is 2.31. The number of benzene rings is 2. The summed E-state index contributed by atoms with van der Waals surface area (Å²) < 4.78 is 42.6. The molecule has 2 aromatic carbocycles. The van der Waals surface area contributed by atoms with Crippen LogP contribution in [0, 0.1) is 0 Å². The van der Waals surface area contributed by atoms with Crippen LogP contribution in [0.25, 0.3) is 22.2 Å². The van der Waals surface area contributed by atoms with Crippen molar-refractivity contribution in [3.05, 3.63) is 60.6 Å². The summed E-state index contributed by atoms with van der Waals surface area (Å²) in [6.45, 7) is 3.38. The van der Waals surface area contributed by atoms with Crippen molar-refractivity contribution in [3.63, 3.8) is 0 Å². The van der Waals surface area contributed by atoms with Gasteiger partial charge in [0.05, 0.1) is 23.1 Å². The van der Waals surface area contributed by atoms with Crippen molar-refractivity contribution < 1.29 is 27.5 Å². The molecule has 0 saturated carbocycles. The molecule has 3 aromatic rings. The summed E-state index contributed by atoms with van der Waals surface area (Å²) in [6, 6.07) is 8.26. The highest BCUT2D eigenvalue weighted by Crippen LogP contribution is 2.31. The molecule has 3 N–H and O–H groups in total. The van der Waals surface area contributed by atoms with Gasteiger partial charge in [-0.3, -0.25) is 9.59 Å². The van der Waals surface area contributed by atoms with Crippen LogP contribution in [0.15, 0.2) is 55.0 Å². The highest BCUT2D eigenvalue weighted by atomic mass is 19.4. The number of nitrogens with two attached hydrogens (primary N) is 1. The van der Waals surface area contributed by atoms with Gasteiger partial charge in [0, 0.05) is 18.2 Å². The number of amides is 2. The zero-order valence-corrected chi connectivity index (χ0v) is 15.1. The van der Waals surface area contributed by atoms with Crippen molar-refractivity contribution in [2.24, 2.45) is 12.8 Å². The Kier molecular flexibility index (Phi) is 5.02. The SMILES string of the molecule is C=C(NC(=O)c1cc(-c2ccc(OC(F)(F)F)cc2)c2ncn(C)c2c1)C(N)=O. The van der Waals surface area contributed by atoms with Crippen LogP contribution in [0.4, 0.5) is 13.2 Å². The molecular formula is C19H15F3N4O3. The number of primary amides is 1. The molecule has 0 aliphatic carbocycles. The lowest BCUT2D eigenvalue weighted by molar-refractivity contribution is -0.274. The van der Waals surface area contributed by atoms with Gasteiger partial charge in [0.2, 0.25) is 0 Å². The van der Waals surface area contributed by atoms with Crippen LogP contribution in [-0.2, 0) is 11.8 Å². The lowest BCUT2D eigenvalue weighted by atomic mass is 10.0. The first kappa shape index (κ1) is 19.9. The number of carbonyl (C=O) groups is 2. The maximum atomic E-state index is 12.5. The Labute approximate surface area is 162 Å². The largest absolute Gasteiger partial charge is 0.573 e. The number of nitrogens with zero attached hydrogens (tertiary/aromatic N) is 2. The number of hydrogen-bond acceptors (Lipinski definition) is 4. The Hall–Kier alpha value is -3.82. The van der Waals surface area contributed by atoms with E-state index in [0.29, 0.717) is 22.2 Å². The Morgan fingerprint density at radius 2 is 1.86 bits per heavy atom. The molecule has 2 amide bonds. The Morgan fingerprint density at radius 1 is 1.21 bits per heavy atom. The van der Waals surface area contributed by atoms with Crippen molar-refractivity contribution in [2.45, 2.75) is 6.36 Å². The van der Waals surface area contributed by atoms with Gasteiger partial charge >= 0.3 is 6.36 Å². The maximum absolute atomic E-state index is 12.5. The summed E-state index contributed by atoms with van der Waals surface area (Å²) in [5.74, 6) is -1.86. The maximum Gasteiger partial charge on any atom is 0.573 e. The summed E-state index contributed by atoms with van der Waals surface area (Å²) >= 11 is 0. The van der Waals surface area contributed by atoms with Gasteiger partial charge in [0.25, 0.3) is 11.8 Å². The third-order valence-electron chi connectivity index (χ3n) is 4.05. The molecule has 3 rings (SSSR count). The Balaban J connectivity index is 2.04. The van der Waals surface area contributed by atoms with Crippen molar-refractivity contribution >= 4 is 22.8 Å². The van der Waals surface area contributed by atoms with E-state index in [2.05, 4.69) is 21.6 Å². The van der Waals surface area contributed by atoms with E-state index in [1.807, 2.05) is 0 Å².